The number of rotatable bonds is 7. The molecule has 1 N–H and O–H groups in total. The minimum absolute atomic E-state index is 0.110. The van der Waals surface area contributed by atoms with Crippen molar-refractivity contribution in [2.24, 2.45) is 0 Å². The molecule has 2 aromatic carbocycles. The summed E-state index contributed by atoms with van der Waals surface area (Å²) in [7, 11) is 0. The summed E-state index contributed by atoms with van der Waals surface area (Å²) in [4.78, 5) is 15.7. The van der Waals surface area contributed by atoms with Crippen LogP contribution in [0.15, 0.2) is 60.8 Å². The van der Waals surface area contributed by atoms with Crippen molar-refractivity contribution in [3.05, 3.63) is 82.5 Å². The largest absolute Gasteiger partial charge is 0.410 e. The van der Waals surface area contributed by atoms with Gasteiger partial charge in [0.2, 0.25) is 0 Å². The molecule has 3 aromatic rings. The number of hydrogen-bond acceptors (Lipinski definition) is 5. The number of nitrogens with one attached hydrogen (secondary N) is 1. The molecule has 2 aliphatic heterocycles. The molecule has 0 aliphatic carbocycles. The molecule has 5 rings (SSSR count). The predicted octanol–water partition coefficient (Wildman–Crippen LogP) is 6.23. The van der Waals surface area contributed by atoms with Crippen LogP contribution < -0.4 is 5.32 Å². The SMILES string of the molecule is O=C(CCC(c1ccccc1Cl)N1CCOCC1)c1cnn2c1N[C@@H](c1ccccc1)C[C@H]2C(F)(F)F. The summed E-state index contributed by atoms with van der Waals surface area (Å²) in [6.07, 6.45) is -2.84. The lowest BCUT2D eigenvalue weighted by Crippen LogP contribution is -2.39. The number of anilines is 1. The Morgan fingerprint density at radius 1 is 1.11 bits per heavy atom. The fraction of sp³-hybridized carbons (Fsp3) is 0.407. The molecule has 10 heteroatoms. The second-order valence-electron chi connectivity index (χ2n) is 9.40. The minimum Gasteiger partial charge on any atom is -0.379 e. The smallest absolute Gasteiger partial charge is 0.379 e. The van der Waals surface area contributed by atoms with Crippen LogP contribution in [0.5, 0.6) is 0 Å². The quantitative estimate of drug-likeness (QED) is 0.365. The Morgan fingerprint density at radius 3 is 2.51 bits per heavy atom. The van der Waals surface area contributed by atoms with Crippen LogP contribution in [0.2, 0.25) is 5.02 Å². The van der Waals surface area contributed by atoms with E-state index in [1.54, 1.807) is 24.3 Å². The van der Waals surface area contributed by atoms with Gasteiger partial charge in [-0.25, -0.2) is 4.68 Å². The highest BCUT2D eigenvalue weighted by molar-refractivity contribution is 6.31. The van der Waals surface area contributed by atoms with Gasteiger partial charge in [-0.05, 0) is 23.6 Å². The van der Waals surface area contributed by atoms with Gasteiger partial charge < -0.3 is 10.1 Å². The van der Waals surface area contributed by atoms with Crippen molar-refractivity contribution >= 4 is 23.2 Å². The van der Waals surface area contributed by atoms with Gasteiger partial charge in [-0.3, -0.25) is 9.69 Å². The fourth-order valence-electron chi connectivity index (χ4n) is 5.24. The Morgan fingerprint density at radius 2 is 1.81 bits per heavy atom. The van der Waals surface area contributed by atoms with Gasteiger partial charge in [0.15, 0.2) is 11.8 Å². The summed E-state index contributed by atoms with van der Waals surface area (Å²) in [5.41, 5.74) is 1.83. The van der Waals surface area contributed by atoms with E-state index >= 15 is 0 Å². The van der Waals surface area contributed by atoms with E-state index in [1.165, 1.54) is 6.20 Å². The predicted molar refractivity (Wildman–Crippen MR) is 135 cm³/mol. The van der Waals surface area contributed by atoms with Crippen LogP contribution in [0.3, 0.4) is 0 Å². The highest BCUT2D eigenvalue weighted by Gasteiger charge is 2.47. The van der Waals surface area contributed by atoms with Crippen LogP contribution in [-0.2, 0) is 4.74 Å². The van der Waals surface area contributed by atoms with Gasteiger partial charge in [-0.15, -0.1) is 0 Å². The number of alkyl halides is 3. The van der Waals surface area contributed by atoms with Gasteiger partial charge in [0.05, 0.1) is 31.0 Å². The molecule has 0 radical (unpaired) electrons. The summed E-state index contributed by atoms with van der Waals surface area (Å²) in [6, 6.07) is 14.0. The number of morpholine rings is 1. The molecular weight excluding hydrogens is 505 g/mol. The molecule has 196 valence electrons. The molecule has 1 fully saturated rings. The zero-order valence-electron chi connectivity index (χ0n) is 20.1. The molecule has 0 spiro atoms. The first-order valence-corrected chi connectivity index (χ1v) is 12.8. The molecule has 6 nitrogen and oxygen atoms in total. The van der Waals surface area contributed by atoms with E-state index in [0.29, 0.717) is 37.7 Å². The molecule has 0 bridgehead atoms. The summed E-state index contributed by atoms with van der Waals surface area (Å²) in [5.74, 6) is -0.137. The normalized spacial score (nSPS) is 21.2. The fourth-order valence-corrected chi connectivity index (χ4v) is 5.50. The number of hydrogen-bond donors (Lipinski definition) is 1. The van der Waals surface area contributed by atoms with Crippen LogP contribution in [0, 0.1) is 0 Å². The van der Waals surface area contributed by atoms with Crippen molar-refractivity contribution in [1.29, 1.82) is 0 Å². The van der Waals surface area contributed by atoms with Crippen LogP contribution in [0.1, 0.15) is 58.9 Å². The second-order valence-corrected chi connectivity index (χ2v) is 9.81. The van der Waals surface area contributed by atoms with Gasteiger partial charge in [-0.2, -0.15) is 18.3 Å². The van der Waals surface area contributed by atoms with E-state index in [2.05, 4.69) is 15.3 Å². The standard InChI is InChI=1S/C27H28ClF3N4O2/c28-21-9-5-4-8-19(21)23(34-12-14-37-15-13-34)10-11-24(36)20-17-32-35-25(27(29,30)31)16-22(33-26(20)35)18-6-2-1-3-7-18/h1-9,17,22-23,25,33H,10-16H2/t22-,23?,25+/m1/s1. The van der Waals surface area contributed by atoms with E-state index in [-0.39, 0.29) is 36.0 Å². The number of benzene rings is 2. The molecule has 1 saturated heterocycles. The number of ketones is 1. The van der Waals surface area contributed by atoms with E-state index in [9.17, 15) is 18.0 Å². The lowest BCUT2D eigenvalue weighted by molar-refractivity contribution is -0.173. The number of aromatic nitrogens is 2. The first-order chi connectivity index (χ1) is 17.8. The lowest BCUT2D eigenvalue weighted by atomic mass is 9.95. The average Bonchev–Trinajstić information content (AvgIpc) is 3.34. The summed E-state index contributed by atoms with van der Waals surface area (Å²) >= 11 is 6.51. The lowest BCUT2D eigenvalue weighted by Gasteiger charge is -2.35. The van der Waals surface area contributed by atoms with E-state index < -0.39 is 18.3 Å². The molecular formula is C27H28ClF3N4O2. The maximum atomic E-state index is 14.0. The van der Waals surface area contributed by atoms with Gasteiger partial charge in [-0.1, -0.05) is 60.1 Å². The molecule has 37 heavy (non-hydrogen) atoms. The topological polar surface area (TPSA) is 59.4 Å². The third-order valence-electron chi connectivity index (χ3n) is 7.14. The highest BCUT2D eigenvalue weighted by atomic mass is 35.5. The van der Waals surface area contributed by atoms with Crippen LogP contribution >= 0.6 is 11.6 Å². The molecule has 3 heterocycles. The molecule has 2 aliphatic rings. The third-order valence-corrected chi connectivity index (χ3v) is 7.48. The van der Waals surface area contributed by atoms with E-state index in [1.807, 2.05) is 30.3 Å². The highest BCUT2D eigenvalue weighted by Crippen LogP contribution is 2.44. The molecule has 0 amide bonds. The van der Waals surface area contributed by atoms with Crippen molar-refractivity contribution in [2.45, 2.75) is 43.6 Å². The van der Waals surface area contributed by atoms with Crippen molar-refractivity contribution in [3.63, 3.8) is 0 Å². The molecule has 1 aromatic heterocycles. The number of halogens is 4. The van der Waals surface area contributed by atoms with Crippen molar-refractivity contribution in [1.82, 2.24) is 14.7 Å². The minimum atomic E-state index is -4.50. The van der Waals surface area contributed by atoms with Crippen molar-refractivity contribution in [2.75, 3.05) is 31.6 Å². The van der Waals surface area contributed by atoms with E-state index in [4.69, 9.17) is 16.3 Å². The van der Waals surface area contributed by atoms with Crippen LogP contribution in [0.4, 0.5) is 19.0 Å². The van der Waals surface area contributed by atoms with Crippen molar-refractivity contribution in [3.8, 4) is 0 Å². The summed E-state index contributed by atoms with van der Waals surface area (Å²) < 4.78 is 48.4. The van der Waals surface area contributed by atoms with E-state index in [0.717, 1.165) is 15.8 Å². The maximum absolute atomic E-state index is 14.0. The number of nitrogens with zero attached hydrogens (tertiary/aromatic N) is 3. The summed E-state index contributed by atoms with van der Waals surface area (Å²) in [5, 5.41) is 7.80. The number of ether oxygens (including phenoxy) is 1. The average molecular weight is 533 g/mol. The first-order valence-electron chi connectivity index (χ1n) is 12.4. The zero-order chi connectivity index (χ0) is 26.0. The monoisotopic (exact) mass is 532 g/mol. The Balaban J connectivity index is 1.40. The van der Waals surface area contributed by atoms with Gasteiger partial charge in [0, 0.05) is 37.0 Å². The maximum Gasteiger partial charge on any atom is 0.410 e. The Kier molecular flexibility index (Phi) is 7.55. The Labute approximate surface area is 218 Å². The van der Waals surface area contributed by atoms with Gasteiger partial charge in [0.25, 0.3) is 0 Å². The van der Waals surface area contributed by atoms with Gasteiger partial charge >= 0.3 is 6.18 Å². The van der Waals surface area contributed by atoms with Gasteiger partial charge in [0.1, 0.15) is 5.82 Å². The zero-order valence-corrected chi connectivity index (χ0v) is 20.9. The number of Topliss-reactive ketones (excluding diaryl/α,β-unsaturated/α-hetero) is 1. The van der Waals surface area contributed by atoms with Crippen LogP contribution in [0.25, 0.3) is 0 Å². The van der Waals surface area contributed by atoms with Crippen molar-refractivity contribution < 1.29 is 22.7 Å². The summed E-state index contributed by atoms with van der Waals surface area (Å²) in [6.45, 7) is 2.60. The first kappa shape index (κ1) is 25.8. The molecule has 3 atom stereocenters. The molecule has 0 saturated carbocycles. The number of carbonyl (C=O) groups excluding carboxylic acids is 1. The number of carbonyl (C=O) groups is 1. The Bertz CT molecular complexity index is 1230. The van der Waals surface area contributed by atoms with Crippen LogP contribution in [-0.4, -0.2) is 52.9 Å². The third kappa shape index (κ3) is 5.54. The second kappa shape index (κ2) is 10.8. The molecule has 1 unspecified atom stereocenters. The number of fused-ring (bicyclic) bond motifs is 1. The Hall–Kier alpha value is -2.88.